The van der Waals surface area contributed by atoms with E-state index >= 15 is 0 Å². The van der Waals surface area contributed by atoms with E-state index in [0.29, 0.717) is 16.5 Å². The van der Waals surface area contributed by atoms with E-state index in [1.165, 1.54) is 13.4 Å². The predicted molar refractivity (Wildman–Crippen MR) is 116 cm³/mol. The summed E-state index contributed by atoms with van der Waals surface area (Å²) in [7, 11) is 1.54. The quantitative estimate of drug-likeness (QED) is 0.637. The molecule has 160 valence electrons. The minimum atomic E-state index is -0.451. The molecule has 0 bridgehead atoms. The molecule has 4 rings (SSSR count). The van der Waals surface area contributed by atoms with Crippen LogP contribution in [0, 0.1) is 5.92 Å². The molecule has 0 saturated carbocycles. The molecule has 1 aromatic heterocycles. The number of aromatic nitrogens is 3. The van der Waals surface area contributed by atoms with Crippen LogP contribution < -0.4 is 15.0 Å². The number of nitrogens with one attached hydrogen (secondary N) is 1. The van der Waals surface area contributed by atoms with Crippen LogP contribution in [0.1, 0.15) is 24.9 Å². The maximum Gasteiger partial charge on any atom is 0.227 e. The van der Waals surface area contributed by atoms with Crippen molar-refractivity contribution in [2.45, 2.75) is 19.4 Å². The Labute approximate surface area is 184 Å². The first kappa shape index (κ1) is 20.9. The maximum atomic E-state index is 12.9. The van der Waals surface area contributed by atoms with Crippen LogP contribution in [0.25, 0.3) is 5.69 Å². The molecule has 2 aromatic carbocycles. The topological polar surface area (TPSA) is 89.3 Å². The molecule has 31 heavy (non-hydrogen) atoms. The average Bonchev–Trinajstić information content (AvgIpc) is 3.44. The summed E-state index contributed by atoms with van der Waals surface area (Å²) in [6.07, 6.45) is 3.24. The monoisotopic (exact) mass is 439 g/mol. The first-order valence-electron chi connectivity index (χ1n) is 9.85. The molecule has 0 spiro atoms. The number of carbonyl (C=O) groups is 2. The molecule has 9 heteroatoms. The SMILES string of the molecule is COc1ccc(Cl)cc1N1CC(C(=O)NC(C)c2ccc(-n3cncn3)cc2)CC1=O. The summed E-state index contributed by atoms with van der Waals surface area (Å²) in [4.78, 5) is 31.0. The Kier molecular flexibility index (Phi) is 5.90. The van der Waals surface area contributed by atoms with E-state index in [9.17, 15) is 9.59 Å². The van der Waals surface area contributed by atoms with Crippen LogP contribution in [0.3, 0.4) is 0 Å². The number of carbonyl (C=O) groups excluding carboxylic acids is 2. The van der Waals surface area contributed by atoms with Gasteiger partial charge in [0.05, 0.1) is 30.4 Å². The van der Waals surface area contributed by atoms with Gasteiger partial charge in [-0.05, 0) is 42.8 Å². The van der Waals surface area contributed by atoms with Crippen molar-refractivity contribution in [2.75, 3.05) is 18.6 Å². The summed E-state index contributed by atoms with van der Waals surface area (Å²) in [5.74, 6) is -0.206. The van der Waals surface area contributed by atoms with E-state index in [0.717, 1.165) is 11.3 Å². The molecule has 0 aliphatic carbocycles. The number of rotatable bonds is 6. The highest BCUT2D eigenvalue weighted by Crippen LogP contribution is 2.35. The highest BCUT2D eigenvalue weighted by Gasteiger charge is 2.36. The van der Waals surface area contributed by atoms with Crippen LogP contribution in [-0.2, 0) is 9.59 Å². The van der Waals surface area contributed by atoms with E-state index in [1.807, 2.05) is 31.2 Å². The van der Waals surface area contributed by atoms with E-state index in [1.54, 1.807) is 34.1 Å². The second kappa shape index (κ2) is 8.77. The van der Waals surface area contributed by atoms with E-state index in [2.05, 4.69) is 15.4 Å². The van der Waals surface area contributed by atoms with E-state index < -0.39 is 5.92 Å². The summed E-state index contributed by atoms with van der Waals surface area (Å²) in [6.45, 7) is 2.19. The molecule has 3 aromatic rings. The third-order valence-corrected chi connectivity index (χ3v) is 5.60. The van der Waals surface area contributed by atoms with Gasteiger partial charge in [0.1, 0.15) is 18.4 Å². The van der Waals surface area contributed by atoms with Crippen molar-refractivity contribution in [3.63, 3.8) is 0 Å². The van der Waals surface area contributed by atoms with Gasteiger partial charge in [0, 0.05) is 18.0 Å². The second-order valence-electron chi connectivity index (χ2n) is 7.38. The standard InChI is InChI=1S/C22H22ClN5O3/c1-14(15-3-6-18(7-4-15)28-13-24-12-25-28)26-22(30)16-9-21(29)27(11-16)19-10-17(23)5-8-20(19)31-2/h3-8,10,12-14,16H,9,11H2,1-2H3,(H,26,30). The van der Waals surface area contributed by atoms with Gasteiger partial charge in [-0.2, -0.15) is 5.10 Å². The Balaban J connectivity index is 1.42. The highest BCUT2D eigenvalue weighted by molar-refractivity contribution is 6.31. The molecule has 8 nitrogen and oxygen atoms in total. The third-order valence-electron chi connectivity index (χ3n) is 5.36. The van der Waals surface area contributed by atoms with Crippen LogP contribution in [0.15, 0.2) is 55.1 Å². The summed E-state index contributed by atoms with van der Waals surface area (Å²) < 4.78 is 7.01. The summed E-state index contributed by atoms with van der Waals surface area (Å²) in [5.41, 5.74) is 2.41. The van der Waals surface area contributed by atoms with Gasteiger partial charge in [-0.25, -0.2) is 9.67 Å². The lowest BCUT2D eigenvalue weighted by atomic mass is 10.0. The molecule has 2 amide bonds. The van der Waals surface area contributed by atoms with Gasteiger partial charge >= 0.3 is 0 Å². The van der Waals surface area contributed by atoms with Gasteiger partial charge < -0.3 is 15.0 Å². The molecule has 1 fully saturated rings. The number of hydrogen-bond donors (Lipinski definition) is 1. The van der Waals surface area contributed by atoms with Crippen molar-refractivity contribution in [3.05, 3.63) is 65.7 Å². The normalized spacial score (nSPS) is 16.9. The largest absolute Gasteiger partial charge is 0.495 e. The Morgan fingerprint density at radius 2 is 2.03 bits per heavy atom. The fourth-order valence-corrected chi connectivity index (χ4v) is 3.83. The fourth-order valence-electron chi connectivity index (χ4n) is 3.66. The van der Waals surface area contributed by atoms with Gasteiger partial charge in [-0.3, -0.25) is 9.59 Å². The van der Waals surface area contributed by atoms with Crippen molar-refractivity contribution in [2.24, 2.45) is 5.92 Å². The van der Waals surface area contributed by atoms with Crippen LogP contribution in [0.5, 0.6) is 5.75 Å². The number of anilines is 1. The number of hydrogen-bond acceptors (Lipinski definition) is 5. The summed E-state index contributed by atoms with van der Waals surface area (Å²) in [6, 6.07) is 12.6. The lowest BCUT2D eigenvalue weighted by Crippen LogP contribution is -2.34. The minimum absolute atomic E-state index is 0.134. The van der Waals surface area contributed by atoms with Crippen LogP contribution >= 0.6 is 11.6 Å². The average molecular weight is 440 g/mol. The third kappa shape index (κ3) is 4.39. The van der Waals surface area contributed by atoms with Crippen molar-refractivity contribution in [1.29, 1.82) is 0 Å². The number of ether oxygens (including phenoxy) is 1. The lowest BCUT2D eigenvalue weighted by molar-refractivity contribution is -0.126. The number of nitrogens with zero attached hydrogens (tertiary/aromatic N) is 4. The molecular weight excluding hydrogens is 418 g/mol. The highest BCUT2D eigenvalue weighted by atomic mass is 35.5. The van der Waals surface area contributed by atoms with E-state index in [-0.39, 0.29) is 30.8 Å². The van der Waals surface area contributed by atoms with Crippen molar-refractivity contribution in [3.8, 4) is 11.4 Å². The first-order chi connectivity index (χ1) is 15.0. The van der Waals surface area contributed by atoms with Gasteiger partial charge in [0.2, 0.25) is 11.8 Å². The molecule has 1 N–H and O–H groups in total. The minimum Gasteiger partial charge on any atom is -0.495 e. The Morgan fingerprint density at radius 3 is 2.71 bits per heavy atom. The number of benzene rings is 2. The lowest BCUT2D eigenvalue weighted by Gasteiger charge is -2.21. The Bertz CT molecular complexity index is 1090. The summed E-state index contributed by atoms with van der Waals surface area (Å²) >= 11 is 6.10. The summed E-state index contributed by atoms with van der Waals surface area (Å²) in [5, 5.41) is 7.62. The molecule has 1 saturated heterocycles. The molecule has 2 atom stereocenters. The number of amides is 2. The van der Waals surface area contributed by atoms with Crippen LogP contribution in [-0.4, -0.2) is 40.2 Å². The first-order valence-corrected chi connectivity index (χ1v) is 10.2. The van der Waals surface area contributed by atoms with Crippen molar-refractivity contribution >= 4 is 29.1 Å². The zero-order chi connectivity index (χ0) is 22.0. The van der Waals surface area contributed by atoms with Crippen molar-refractivity contribution < 1.29 is 14.3 Å². The van der Waals surface area contributed by atoms with Crippen LogP contribution in [0.4, 0.5) is 5.69 Å². The Morgan fingerprint density at radius 1 is 1.26 bits per heavy atom. The van der Waals surface area contributed by atoms with Crippen molar-refractivity contribution in [1.82, 2.24) is 20.1 Å². The predicted octanol–water partition coefficient (Wildman–Crippen LogP) is 3.16. The fraction of sp³-hybridized carbons (Fsp3) is 0.273. The number of methoxy groups -OCH3 is 1. The second-order valence-corrected chi connectivity index (χ2v) is 7.82. The maximum absolute atomic E-state index is 12.9. The molecular formula is C22H22ClN5O3. The number of halogens is 1. The molecule has 0 radical (unpaired) electrons. The smallest absolute Gasteiger partial charge is 0.227 e. The molecule has 2 heterocycles. The van der Waals surface area contributed by atoms with Crippen LogP contribution in [0.2, 0.25) is 5.02 Å². The molecule has 2 unspecified atom stereocenters. The Hall–Kier alpha value is -3.39. The molecule has 1 aliphatic heterocycles. The zero-order valence-corrected chi connectivity index (χ0v) is 17.9. The van der Waals surface area contributed by atoms with E-state index in [4.69, 9.17) is 16.3 Å². The van der Waals surface area contributed by atoms with Gasteiger partial charge in [-0.1, -0.05) is 23.7 Å². The molecule has 1 aliphatic rings. The van der Waals surface area contributed by atoms with Gasteiger partial charge in [-0.15, -0.1) is 0 Å². The van der Waals surface area contributed by atoms with Gasteiger partial charge in [0.25, 0.3) is 0 Å². The zero-order valence-electron chi connectivity index (χ0n) is 17.2. The van der Waals surface area contributed by atoms with Gasteiger partial charge in [0.15, 0.2) is 0 Å².